The minimum Gasteiger partial charge on any atom is -0.718 e. The van der Waals surface area contributed by atoms with Gasteiger partial charge in [0, 0.05) is 17.1 Å². The van der Waals surface area contributed by atoms with Gasteiger partial charge in [0.05, 0.1) is 0 Å². The standard InChI is InChI=1S/2C11H15O.Fe/c2*1-8(12)9-5-6-10(7-9)11(2,3)4;/h2*5-7H,1-4H3;/q-5;-1;. The van der Waals surface area contributed by atoms with Gasteiger partial charge in [-0.3, -0.25) is 5.78 Å². The third-order valence-corrected chi connectivity index (χ3v) is 4.05. The van der Waals surface area contributed by atoms with Crippen LogP contribution in [0.1, 0.15) is 87.2 Å². The third kappa shape index (κ3) is 7.13. The van der Waals surface area contributed by atoms with E-state index in [1.165, 1.54) is 11.1 Å². The summed E-state index contributed by atoms with van der Waals surface area (Å²) in [6, 6.07) is 11.8. The van der Waals surface area contributed by atoms with Crippen molar-refractivity contribution in [2.45, 2.75) is 66.2 Å². The number of carbonyl (C=O) groups is 2. The van der Waals surface area contributed by atoms with E-state index in [1.54, 1.807) is 13.8 Å². The topological polar surface area (TPSA) is 34.1 Å². The minimum absolute atomic E-state index is 0. The molecule has 0 N–H and O–H groups in total. The van der Waals surface area contributed by atoms with E-state index < -0.39 is 0 Å². The molecule has 0 aliphatic carbocycles. The van der Waals surface area contributed by atoms with Crippen molar-refractivity contribution in [2.75, 3.05) is 0 Å². The van der Waals surface area contributed by atoms with E-state index in [0.717, 1.165) is 11.1 Å². The molecule has 0 saturated heterocycles. The summed E-state index contributed by atoms with van der Waals surface area (Å²) in [5.74, 6) is 0.288. The fourth-order valence-electron chi connectivity index (χ4n) is 2.26. The molecule has 0 aliphatic rings. The summed E-state index contributed by atoms with van der Waals surface area (Å²) in [5.41, 5.74) is 4.39. The molecule has 2 nitrogen and oxygen atoms in total. The fourth-order valence-corrected chi connectivity index (χ4v) is 2.26. The number of Topliss-reactive ketones (excluding diaryl/α,β-unsaturated/α-hetero) is 2. The first-order valence-electron chi connectivity index (χ1n) is 8.38. The predicted molar refractivity (Wildman–Crippen MR) is 101 cm³/mol. The molecule has 0 aromatic heterocycles. The summed E-state index contributed by atoms with van der Waals surface area (Å²) < 4.78 is 0. The maximum atomic E-state index is 11.0. The van der Waals surface area contributed by atoms with Gasteiger partial charge in [-0.05, 0) is 6.92 Å². The molecule has 0 heterocycles. The molecule has 0 atom stereocenters. The van der Waals surface area contributed by atoms with Crippen molar-refractivity contribution in [3.63, 3.8) is 0 Å². The van der Waals surface area contributed by atoms with Crippen molar-refractivity contribution in [3.05, 3.63) is 58.7 Å². The van der Waals surface area contributed by atoms with Crippen LogP contribution in [0.25, 0.3) is 0 Å². The van der Waals surface area contributed by atoms with Crippen LogP contribution in [0.3, 0.4) is 0 Å². The molecule has 0 radical (unpaired) electrons. The Morgan fingerprint density at radius 3 is 1.76 bits per heavy atom. The molecular formula is C22H30FeO2-6. The summed E-state index contributed by atoms with van der Waals surface area (Å²) in [5, 5.41) is 0. The summed E-state index contributed by atoms with van der Waals surface area (Å²) in [7, 11) is 0. The van der Waals surface area contributed by atoms with Crippen molar-refractivity contribution >= 4 is 11.6 Å². The Morgan fingerprint density at radius 2 is 1.52 bits per heavy atom. The smallest absolute Gasteiger partial charge is 0.105 e. The van der Waals surface area contributed by atoms with E-state index in [-0.39, 0.29) is 39.5 Å². The zero-order chi connectivity index (χ0) is 18.7. The van der Waals surface area contributed by atoms with E-state index in [2.05, 4.69) is 41.5 Å². The van der Waals surface area contributed by atoms with E-state index in [9.17, 15) is 9.59 Å². The molecule has 0 fully saturated rings. The number of carbonyl (C=O) groups excluding carboxylic acids is 2. The normalized spacial score (nSPS) is 11.2. The maximum absolute atomic E-state index is 11.0. The van der Waals surface area contributed by atoms with Crippen molar-refractivity contribution in [1.82, 2.24) is 0 Å². The van der Waals surface area contributed by atoms with Gasteiger partial charge >= 0.3 is 0 Å². The minimum atomic E-state index is 0. The van der Waals surface area contributed by atoms with Crippen LogP contribution in [0.15, 0.2) is 36.4 Å². The Labute approximate surface area is 163 Å². The number of rotatable bonds is 2. The second-order valence-electron chi connectivity index (χ2n) is 8.39. The van der Waals surface area contributed by atoms with E-state index >= 15 is 0 Å². The van der Waals surface area contributed by atoms with Gasteiger partial charge in [-0.15, -0.1) is 6.92 Å². The van der Waals surface area contributed by atoms with Gasteiger partial charge in [0.15, 0.2) is 0 Å². The molecule has 25 heavy (non-hydrogen) atoms. The van der Waals surface area contributed by atoms with E-state index in [0.29, 0.717) is 0 Å². The second kappa shape index (κ2) is 8.78. The zero-order valence-corrected chi connectivity index (χ0v) is 17.7. The average Bonchev–Trinajstić information content (AvgIpc) is 3.08. The molecule has 144 valence electrons. The predicted octanol–water partition coefficient (Wildman–Crippen LogP) is 5.81. The first-order chi connectivity index (χ1) is 10.8. The molecule has 3 heteroatoms. The molecule has 0 unspecified atom stereocenters. The molecule has 2 rings (SSSR count). The van der Waals surface area contributed by atoms with E-state index in [1.807, 2.05) is 36.4 Å². The monoisotopic (exact) mass is 382 g/mol. The van der Waals surface area contributed by atoms with Gasteiger partial charge in [0.1, 0.15) is 5.78 Å². The summed E-state index contributed by atoms with van der Waals surface area (Å²) in [4.78, 5) is 22.0. The number of hydrogen-bond acceptors (Lipinski definition) is 2. The van der Waals surface area contributed by atoms with Gasteiger partial charge < -0.3 is 38.9 Å². The Hall–Kier alpha value is -1.44. The Morgan fingerprint density at radius 1 is 0.960 bits per heavy atom. The van der Waals surface area contributed by atoms with Gasteiger partial charge in [0.25, 0.3) is 0 Å². The first-order valence-corrected chi connectivity index (χ1v) is 8.38. The van der Waals surface area contributed by atoms with Crippen LogP contribution in [0, 0.1) is 0 Å². The average molecular weight is 382 g/mol. The van der Waals surface area contributed by atoms with Gasteiger partial charge in [-0.25, -0.2) is 6.07 Å². The Bertz CT molecular complexity index is 641. The molecular weight excluding hydrogens is 352 g/mol. The van der Waals surface area contributed by atoms with Gasteiger partial charge in [0.2, 0.25) is 0 Å². The Balaban J connectivity index is 0.000000443. The van der Waals surface area contributed by atoms with Crippen LogP contribution in [0.4, 0.5) is 0 Å². The largest absolute Gasteiger partial charge is 0.718 e. The second-order valence-corrected chi connectivity index (χ2v) is 8.39. The van der Waals surface area contributed by atoms with Crippen LogP contribution >= 0.6 is 0 Å². The van der Waals surface area contributed by atoms with Crippen molar-refractivity contribution in [2.24, 2.45) is 0 Å². The zero-order valence-electron chi connectivity index (χ0n) is 16.6. The van der Waals surface area contributed by atoms with Gasteiger partial charge in [-0.2, -0.15) is 23.1 Å². The third-order valence-electron chi connectivity index (χ3n) is 4.05. The fraction of sp³-hybridized carbons (Fsp3) is 0.455. The van der Waals surface area contributed by atoms with Crippen molar-refractivity contribution < 1.29 is 26.7 Å². The van der Waals surface area contributed by atoms with Crippen molar-refractivity contribution in [1.29, 1.82) is 0 Å². The van der Waals surface area contributed by atoms with Crippen molar-refractivity contribution in [3.8, 4) is 0 Å². The quantitative estimate of drug-likeness (QED) is 0.373. The molecule has 0 saturated carbocycles. The van der Waals surface area contributed by atoms with Crippen LogP contribution < -0.4 is 0 Å². The summed E-state index contributed by atoms with van der Waals surface area (Å²) >= 11 is 0. The number of hydrogen-bond donors (Lipinski definition) is 0. The summed E-state index contributed by atoms with van der Waals surface area (Å²) in [6.07, 6.45) is 0. The number of ketones is 2. The molecule has 2 aromatic rings. The van der Waals surface area contributed by atoms with E-state index in [4.69, 9.17) is 0 Å². The van der Waals surface area contributed by atoms with Crippen LogP contribution in [0.2, 0.25) is 0 Å². The first kappa shape index (κ1) is 23.6. The maximum Gasteiger partial charge on any atom is 0.105 e. The molecule has 2 aromatic carbocycles. The SMILES string of the molecule is CC(=O)[c-]1[cH-][cH-][c-](C(C)(C)C)[cH-]1.CC(=O)[c-]1ccc(C(C)(C)C)c1.[Fe]. The molecule has 0 spiro atoms. The molecule has 0 bridgehead atoms. The van der Waals surface area contributed by atoms with Crippen LogP contribution in [-0.4, -0.2) is 11.6 Å². The van der Waals surface area contributed by atoms with Crippen LogP contribution in [-0.2, 0) is 27.9 Å². The van der Waals surface area contributed by atoms with Crippen LogP contribution in [0.5, 0.6) is 0 Å². The Kier molecular flexibility index (Phi) is 8.27. The summed E-state index contributed by atoms with van der Waals surface area (Å²) in [6.45, 7) is 16.1. The van der Waals surface area contributed by atoms with Gasteiger partial charge in [-0.1, -0.05) is 52.5 Å². The molecule has 0 aliphatic heterocycles. The molecule has 0 amide bonds.